The first kappa shape index (κ1) is 20.5. The van der Waals surface area contributed by atoms with Crippen molar-refractivity contribution in [2.75, 3.05) is 39.2 Å². The van der Waals surface area contributed by atoms with Gasteiger partial charge in [0.2, 0.25) is 0 Å². The summed E-state index contributed by atoms with van der Waals surface area (Å²) in [5.74, 6) is 3.20. The number of piperidine rings is 1. The Labute approximate surface area is 180 Å². The first-order valence-corrected chi connectivity index (χ1v) is 10.3. The number of benzene rings is 2. The van der Waals surface area contributed by atoms with Crippen LogP contribution in [0.1, 0.15) is 12.8 Å². The molecular weight excluding hydrogens is 404 g/mol. The number of halogens is 1. The number of ether oxygens (including phenoxy) is 3. The average Bonchev–Trinajstić information content (AvgIpc) is 2.79. The van der Waals surface area contributed by atoms with E-state index >= 15 is 0 Å². The Morgan fingerprint density at radius 1 is 1.07 bits per heavy atom. The highest BCUT2D eigenvalue weighted by molar-refractivity contribution is 6.33. The fraction of sp³-hybridized carbons (Fsp3) is 0.364. The minimum atomic E-state index is 0.546. The van der Waals surface area contributed by atoms with Crippen LogP contribution in [0.4, 0.5) is 11.5 Å². The monoisotopic (exact) mass is 428 g/mol. The van der Waals surface area contributed by atoms with Crippen molar-refractivity contribution >= 4 is 34.0 Å². The fourth-order valence-corrected chi connectivity index (χ4v) is 3.71. The summed E-state index contributed by atoms with van der Waals surface area (Å²) < 4.78 is 17.0. The molecule has 2 heterocycles. The van der Waals surface area contributed by atoms with Gasteiger partial charge < -0.3 is 24.8 Å². The van der Waals surface area contributed by atoms with Crippen molar-refractivity contribution in [1.82, 2.24) is 15.3 Å². The lowest BCUT2D eigenvalue weighted by atomic mass is 9.99. The van der Waals surface area contributed by atoms with E-state index in [9.17, 15) is 0 Å². The Morgan fingerprint density at radius 2 is 1.90 bits per heavy atom. The number of nitrogens with zero attached hydrogens (tertiary/aromatic N) is 2. The fourth-order valence-electron chi connectivity index (χ4n) is 3.55. The average molecular weight is 429 g/mol. The van der Waals surface area contributed by atoms with E-state index in [0.717, 1.165) is 36.8 Å². The van der Waals surface area contributed by atoms with Crippen LogP contribution >= 0.6 is 11.6 Å². The Morgan fingerprint density at radius 3 is 2.67 bits per heavy atom. The summed E-state index contributed by atoms with van der Waals surface area (Å²) in [7, 11) is 3.25. The highest BCUT2D eigenvalue weighted by Gasteiger charge is 2.17. The molecule has 0 aliphatic carbocycles. The molecule has 1 aromatic heterocycles. The molecule has 4 rings (SSSR count). The van der Waals surface area contributed by atoms with Crippen molar-refractivity contribution < 1.29 is 14.2 Å². The molecule has 0 atom stereocenters. The number of rotatable bonds is 7. The molecule has 7 nitrogen and oxygen atoms in total. The second-order valence-corrected chi connectivity index (χ2v) is 7.62. The van der Waals surface area contributed by atoms with Crippen molar-refractivity contribution in [3.63, 3.8) is 0 Å². The van der Waals surface area contributed by atoms with E-state index in [1.165, 1.54) is 6.33 Å². The van der Waals surface area contributed by atoms with E-state index in [1.807, 2.05) is 18.2 Å². The van der Waals surface area contributed by atoms with Crippen LogP contribution in [0.2, 0.25) is 5.02 Å². The van der Waals surface area contributed by atoms with Gasteiger partial charge >= 0.3 is 0 Å². The van der Waals surface area contributed by atoms with E-state index < -0.39 is 0 Å². The lowest BCUT2D eigenvalue weighted by molar-refractivity contribution is 0.208. The topological polar surface area (TPSA) is 77.5 Å². The molecule has 1 aliphatic heterocycles. The highest BCUT2D eigenvalue weighted by atomic mass is 35.5. The lowest BCUT2D eigenvalue weighted by Crippen LogP contribution is -2.30. The molecule has 0 radical (unpaired) electrons. The smallest absolute Gasteiger partial charge is 0.163 e. The first-order chi connectivity index (χ1) is 14.7. The van der Waals surface area contributed by atoms with Gasteiger partial charge in [0.15, 0.2) is 11.5 Å². The zero-order valence-corrected chi connectivity index (χ0v) is 17.8. The molecule has 1 fully saturated rings. The molecule has 30 heavy (non-hydrogen) atoms. The lowest BCUT2D eigenvalue weighted by Gasteiger charge is -2.23. The maximum absolute atomic E-state index is 6.34. The van der Waals surface area contributed by atoms with Gasteiger partial charge in [0.05, 0.1) is 37.1 Å². The van der Waals surface area contributed by atoms with E-state index in [2.05, 4.69) is 20.6 Å². The second-order valence-electron chi connectivity index (χ2n) is 7.22. The van der Waals surface area contributed by atoms with Gasteiger partial charge in [-0.3, -0.25) is 0 Å². The van der Waals surface area contributed by atoms with E-state index in [0.29, 0.717) is 46.3 Å². The van der Waals surface area contributed by atoms with Gasteiger partial charge in [-0.25, -0.2) is 9.97 Å². The van der Waals surface area contributed by atoms with Crippen molar-refractivity contribution in [2.24, 2.45) is 5.92 Å². The summed E-state index contributed by atoms with van der Waals surface area (Å²) in [5, 5.41) is 8.03. The van der Waals surface area contributed by atoms with Gasteiger partial charge in [-0.15, -0.1) is 0 Å². The molecule has 3 aromatic rings. The van der Waals surface area contributed by atoms with Gasteiger partial charge in [0, 0.05) is 17.5 Å². The van der Waals surface area contributed by atoms with E-state index in [4.69, 9.17) is 25.8 Å². The summed E-state index contributed by atoms with van der Waals surface area (Å²) in [6.45, 7) is 2.75. The first-order valence-electron chi connectivity index (χ1n) is 9.94. The van der Waals surface area contributed by atoms with Crippen LogP contribution in [0.15, 0.2) is 36.7 Å². The summed E-state index contributed by atoms with van der Waals surface area (Å²) >= 11 is 6.34. The number of fused-ring (bicyclic) bond motifs is 1. The minimum absolute atomic E-state index is 0.546. The number of methoxy groups -OCH3 is 2. The number of hydrogen-bond acceptors (Lipinski definition) is 7. The van der Waals surface area contributed by atoms with Gasteiger partial charge in [-0.1, -0.05) is 11.6 Å². The van der Waals surface area contributed by atoms with Crippen molar-refractivity contribution in [2.45, 2.75) is 12.8 Å². The van der Waals surface area contributed by atoms with Crippen LogP contribution in [0, 0.1) is 5.92 Å². The zero-order chi connectivity index (χ0) is 20.9. The van der Waals surface area contributed by atoms with Crippen LogP contribution in [0.3, 0.4) is 0 Å². The SMILES string of the molecule is COc1ccc(Cl)c(Nc2ncnc3cc(OCC4CCNCC4)c(OC)cc23)c1. The molecule has 0 amide bonds. The largest absolute Gasteiger partial charge is 0.497 e. The number of anilines is 2. The van der Waals surface area contributed by atoms with Crippen LogP contribution in [-0.4, -0.2) is 43.9 Å². The normalized spacial score (nSPS) is 14.5. The molecule has 1 aliphatic rings. The quantitative estimate of drug-likeness (QED) is 0.576. The van der Waals surface area contributed by atoms with Gasteiger partial charge in [-0.05, 0) is 50.0 Å². The molecule has 0 bridgehead atoms. The second kappa shape index (κ2) is 9.36. The summed E-state index contributed by atoms with van der Waals surface area (Å²) in [6.07, 6.45) is 3.75. The Bertz CT molecular complexity index is 1020. The standard InChI is InChI=1S/C22H25ClN4O3/c1-28-15-3-4-17(23)19(9-15)27-22-16-10-20(29-2)21(11-18(16)25-13-26-22)30-12-14-5-7-24-8-6-14/h3-4,9-11,13-14,24H,5-8,12H2,1-2H3,(H,25,26,27). The van der Waals surface area contributed by atoms with Crippen LogP contribution in [0.5, 0.6) is 17.2 Å². The van der Waals surface area contributed by atoms with Crippen molar-refractivity contribution in [1.29, 1.82) is 0 Å². The van der Waals surface area contributed by atoms with Crippen LogP contribution < -0.4 is 24.8 Å². The van der Waals surface area contributed by atoms with Crippen LogP contribution in [0.25, 0.3) is 10.9 Å². The third-order valence-electron chi connectivity index (χ3n) is 5.28. The van der Waals surface area contributed by atoms with Crippen LogP contribution in [-0.2, 0) is 0 Å². The maximum atomic E-state index is 6.34. The number of aromatic nitrogens is 2. The molecule has 2 aromatic carbocycles. The Balaban J connectivity index is 1.62. The Kier molecular flexibility index (Phi) is 6.40. The molecule has 0 unspecified atom stereocenters. The van der Waals surface area contributed by atoms with Crippen molar-refractivity contribution in [3.05, 3.63) is 41.7 Å². The molecule has 0 spiro atoms. The number of hydrogen-bond donors (Lipinski definition) is 2. The van der Waals surface area contributed by atoms with Crippen molar-refractivity contribution in [3.8, 4) is 17.2 Å². The summed E-state index contributed by atoms with van der Waals surface area (Å²) in [4.78, 5) is 8.81. The van der Waals surface area contributed by atoms with E-state index in [1.54, 1.807) is 26.4 Å². The molecule has 0 saturated carbocycles. The molecule has 2 N–H and O–H groups in total. The number of nitrogens with one attached hydrogen (secondary N) is 2. The Hall–Kier alpha value is -2.77. The third-order valence-corrected chi connectivity index (χ3v) is 5.61. The summed E-state index contributed by atoms with van der Waals surface area (Å²) in [6, 6.07) is 9.20. The summed E-state index contributed by atoms with van der Waals surface area (Å²) in [5.41, 5.74) is 1.45. The van der Waals surface area contributed by atoms with Gasteiger partial charge in [-0.2, -0.15) is 0 Å². The molecular formula is C22H25ClN4O3. The molecule has 158 valence electrons. The van der Waals surface area contributed by atoms with Gasteiger partial charge in [0.1, 0.15) is 17.9 Å². The zero-order valence-electron chi connectivity index (χ0n) is 17.1. The predicted molar refractivity (Wildman–Crippen MR) is 118 cm³/mol. The maximum Gasteiger partial charge on any atom is 0.163 e. The van der Waals surface area contributed by atoms with E-state index in [-0.39, 0.29) is 0 Å². The molecule has 1 saturated heterocycles. The minimum Gasteiger partial charge on any atom is -0.497 e. The highest BCUT2D eigenvalue weighted by Crippen LogP contribution is 2.36. The predicted octanol–water partition coefficient (Wildman–Crippen LogP) is 4.42. The molecule has 8 heteroatoms. The van der Waals surface area contributed by atoms with Gasteiger partial charge in [0.25, 0.3) is 0 Å². The third kappa shape index (κ3) is 4.52.